The molecule has 2 nitrogen and oxygen atoms in total. The second kappa shape index (κ2) is 6.81. The van der Waals surface area contributed by atoms with Crippen LogP contribution in [0.15, 0.2) is 24.3 Å². The van der Waals surface area contributed by atoms with Gasteiger partial charge in [-0.1, -0.05) is 18.2 Å². The molecular formula is C12H16ClNOS. The highest BCUT2D eigenvalue weighted by molar-refractivity contribution is 7.98. The van der Waals surface area contributed by atoms with Crippen LogP contribution in [0.4, 0.5) is 5.69 Å². The van der Waals surface area contributed by atoms with Crippen molar-refractivity contribution < 1.29 is 4.79 Å². The largest absolute Gasteiger partial charge is 0.326 e. The molecule has 0 aliphatic carbocycles. The van der Waals surface area contributed by atoms with Gasteiger partial charge in [0.1, 0.15) is 0 Å². The van der Waals surface area contributed by atoms with E-state index in [4.69, 9.17) is 11.6 Å². The number of carbonyl (C=O) groups excluding carboxylic acids is 1. The van der Waals surface area contributed by atoms with Gasteiger partial charge in [0.15, 0.2) is 0 Å². The van der Waals surface area contributed by atoms with Crippen LogP contribution in [0, 0.1) is 0 Å². The van der Waals surface area contributed by atoms with Crippen LogP contribution in [-0.4, -0.2) is 17.9 Å². The predicted molar refractivity (Wildman–Crippen MR) is 72.3 cm³/mol. The third-order valence-electron chi connectivity index (χ3n) is 2.20. The topological polar surface area (TPSA) is 29.1 Å². The molecule has 88 valence electrons. The number of halogens is 1. The summed E-state index contributed by atoms with van der Waals surface area (Å²) in [6.07, 6.45) is 2.52. The SMILES string of the molecule is CSCCC(=O)Nc1ccccc1C(C)Cl. The minimum absolute atomic E-state index is 0.0408. The monoisotopic (exact) mass is 257 g/mol. The lowest BCUT2D eigenvalue weighted by atomic mass is 10.1. The molecule has 1 rings (SSSR count). The van der Waals surface area contributed by atoms with Crippen molar-refractivity contribution in [2.45, 2.75) is 18.7 Å². The number of benzene rings is 1. The first-order valence-electron chi connectivity index (χ1n) is 5.17. The maximum Gasteiger partial charge on any atom is 0.225 e. The van der Waals surface area contributed by atoms with Crippen molar-refractivity contribution in [3.05, 3.63) is 29.8 Å². The van der Waals surface area contributed by atoms with Crippen LogP contribution in [0.1, 0.15) is 24.3 Å². The second-order valence-electron chi connectivity index (χ2n) is 3.49. The maximum absolute atomic E-state index is 11.6. The van der Waals surface area contributed by atoms with Crippen molar-refractivity contribution in [3.8, 4) is 0 Å². The molecule has 0 aliphatic heterocycles. The molecule has 0 radical (unpaired) electrons. The molecule has 1 aromatic rings. The number of carbonyl (C=O) groups is 1. The van der Waals surface area contributed by atoms with Crippen molar-refractivity contribution >= 4 is 35.0 Å². The summed E-state index contributed by atoms with van der Waals surface area (Å²) in [5.41, 5.74) is 1.78. The Morgan fingerprint density at radius 1 is 1.50 bits per heavy atom. The average Bonchev–Trinajstić information content (AvgIpc) is 2.27. The fourth-order valence-electron chi connectivity index (χ4n) is 1.37. The van der Waals surface area contributed by atoms with E-state index < -0.39 is 0 Å². The first-order valence-corrected chi connectivity index (χ1v) is 7.00. The van der Waals surface area contributed by atoms with Gasteiger partial charge >= 0.3 is 0 Å². The van der Waals surface area contributed by atoms with Crippen molar-refractivity contribution in [1.29, 1.82) is 0 Å². The quantitative estimate of drug-likeness (QED) is 0.816. The van der Waals surface area contributed by atoms with Crippen LogP contribution in [0.3, 0.4) is 0 Å². The van der Waals surface area contributed by atoms with E-state index in [-0.39, 0.29) is 11.3 Å². The summed E-state index contributed by atoms with van der Waals surface area (Å²) >= 11 is 7.70. The van der Waals surface area contributed by atoms with E-state index in [1.54, 1.807) is 11.8 Å². The summed E-state index contributed by atoms with van der Waals surface area (Å²) in [5.74, 6) is 0.879. The Morgan fingerprint density at radius 3 is 2.81 bits per heavy atom. The number of nitrogens with one attached hydrogen (secondary N) is 1. The van der Waals surface area contributed by atoms with Gasteiger partial charge in [0, 0.05) is 17.9 Å². The number of para-hydroxylation sites is 1. The van der Waals surface area contributed by atoms with Crippen LogP contribution in [0.2, 0.25) is 0 Å². The first kappa shape index (κ1) is 13.4. The van der Waals surface area contributed by atoms with Gasteiger partial charge in [0.05, 0.1) is 5.38 Å². The second-order valence-corrected chi connectivity index (χ2v) is 5.13. The lowest BCUT2D eigenvalue weighted by Crippen LogP contribution is -2.13. The molecular weight excluding hydrogens is 242 g/mol. The summed E-state index contributed by atoms with van der Waals surface area (Å²) in [6, 6.07) is 7.63. The summed E-state index contributed by atoms with van der Waals surface area (Å²) in [5, 5.41) is 2.79. The highest BCUT2D eigenvalue weighted by Crippen LogP contribution is 2.27. The highest BCUT2D eigenvalue weighted by atomic mass is 35.5. The van der Waals surface area contributed by atoms with Crippen molar-refractivity contribution in [3.63, 3.8) is 0 Å². The predicted octanol–water partition coefficient (Wildman–Crippen LogP) is 3.68. The Morgan fingerprint density at radius 2 is 2.19 bits per heavy atom. The number of hydrogen-bond acceptors (Lipinski definition) is 2. The zero-order valence-corrected chi connectivity index (χ0v) is 11.1. The van der Waals surface area contributed by atoms with Gasteiger partial charge in [-0.3, -0.25) is 4.79 Å². The summed E-state index contributed by atoms with van der Waals surface area (Å²) in [4.78, 5) is 11.6. The fraction of sp³-hybridized carbons (Fsp3) is 0.417. The van der Waals surface area contributed by atoms with E-state index in [0.29, 0.717) is 6.42 Å². The van der Waals surface area contributed by atoms with Crippen LogP contribution in [0.25, 0.3) is 0 Å². The van der Waals surface area contributed by atoms with E-state index in [9.17, 15) is 4.79 Å². The van der Waals surface area contributed by atoms with Gasteiger partial charge < -0.3 is 5.32 Å². The number of rotatable bonds is 5. The Bertz CT molecular complexity index is 355. The van der Waals surface area contributed by atoms with Gasteiger partial charge in [-0.15, -0.1) is 11.6 Å². The molecule has 16 heavy (non-hydrogen) atoms. The van der Waals surface area contributed by atoms with Gasteiger partial charge in [0.25, 0.3) is 0 Å². The fourth-order valence-corrected chi connectivity index (χ4v) is 1.94. The zero-order valence-electron chi connectivity index (χ0n) is 9.50. The van der Waals surface area contributed by atoms with Crippen LogP contribution >= 0.6 is 23.4 Å². The summed E-state index contributed by atoms with van der Waals surface area (Å²) in [6.45, 7) is 1.90. The normalized spacial score (nSPS) is 12.2. The van der Waals surface area contributed by atoms with E-state index in [2.05, 4.69) is 5.32 Å². The molecule has 0 bridgehead atoms. The molecule has 0 saturated heterocycles. The molecule has 0 saturated carbocycles. The van der Waals surface area contributed by atoms with Crippen molar-refractivity contribution in [2.75, 3.05) is 17.3 Å². The third-order valence-corrected chi connectivity index (χ3v) is 3.04. The van der Waals surface area contributed by atoms with Gasteiger partial charge in [-0.2, -0.15) is 11.8 Å². The molecule has 0 heterocycles. The Balaban J connectivity index is 2.69. The minimum Gasteiger partial charge on any atom is -0.326 e. The Hall–Kier alpha value is -0.670. The van der Waals surface area contributed by atoms with E-state index in [1.807, 2.05) is 37.4 Å². The van der Waals surface area contributed by atoms with E-state index >= 15 is 0 Å². The lowest BCUT2D eigenvalue weighted by Gasteiger charge is -2.12. The van der Waals surface area contributed by atoms with Gasteiger partial charge in [-0.05, 0) is 24.8 Å². The lowest BCUT2D eigenvalue weighted by molar-refractivity contribution is -0.115. The van der Waals surface area contributed by atoms with Crippen molar-refractivity contribution in [1.82, 2.24) is 0 Å². The first-order chi connectivity index (χ1) is 7.65. The molecule has 1 N–H and O–H groups in total. The highest BCUT2D eigenvalue weighted by Gasteiger charge is 2.09. The molecule has 1 atom stereocenters. The Kier molecular flexibility index (Phi) is 5.71. The zero-order chi connectivity index (χ0) is 12.0. The smallest absolute Gasteiger partial charge is 0.225 e. The molecule has 1 amide bonds. The van der Waals surface area contributed by atoms with E-state index in [0.717, 1.165) is 17.0 Å². The van der Waals surface area contributed by atoms with E-state index in [1.165, 1.54) is 0 Å². The van der Waals surface area contributed by atoms with Crippen LogP contribution < -0.4 is 5.32 Å². The number of anilines is 1. The summed E-state index contributed by atoms with van der Waals surface area (Å²) < 4.78 is 0. The van der Waals surface area contributed by atoms with Gasteiger partial charge in [0.2, 0.25) is 5.91 Å². The number of thioether (sulfide) groups is 1. The molecule has 1 aromatic carbocycles. The number of amides is 1. The molecule has 1 unspecified atom stereocenters. The van der Waals surface area contributed by atoms with Gasteiger partial charge in [-0.25, -0.2) is 0 Å². The number of alkyl halides is 1. The third kappa shape index (κ3) is 4.06. The maximum atomic E-state index is 11.6. The molecule has 4 heteroatoms. The summed E-state index contributed by atoms with van der Waals surface area (Å²) in [7, 11) is 0. The molecule has 0 fully saturated rings. The Labute approximate surface area is 106 Å². The standard InChI is InChI=1S/C12H16ClNOS/c1-9(13)10-5-3-4-6-11(10)14-12(15)7-8-16-2/h3-6,9H,7-8H2,1-2H3,(H,14,15). The number of hydrogen-bond donors (Lipinski definition) is 1. The van der Waals surface area contributed by atoms with Crippen molar-refractivity contribution in [2.24, 2.45) is 0 Å². The van der Waals surface area contributed by atoms with Crippen LogP contribution in [-0.2, 0) is 4.79 Å². The molecule has 0 aromatic heterocycles. The molecule has 0 aliphatic rings. The minimum atomic E-state index is -0.1000. The van der Waals surface area contributed by atoms with Crippen LogP contribution in [0.5, 0.6) is 0 Å². The molecule has 0 spiro atoms. The average molecular weight is 258 g/mol.